The molecule has 0 spiro atoms. The van der Waals surface area contributed by atoms with E-state index >= 15 is 0 Å². The lowest BCUT2D eigenvalue weighted by Gasteiger charge is -2.31. The van der Waals surface area contributed by atoms with Crippen LogP contribution in [0.15, 0.2) is 48.0 Å². The van der Waals surface area contributed by atoms with Gasteiger partial charge in [-0.2, -0.15) is 0 Å². The zero-order valence-electron chi connectivity index (χ0n) is 21.7. The molecule has 1 amide bonds. The minimum atomic E-state index is -0.849. The van der Waals surface area contributed by atoms with Gasteiger partial charge in [-0.25, -0.2) is 0 Å². The van der Waals surface area contributed by atoms with Gasteiger partial charge in [0.1, 0.15) is 23.0 Å². The molecule has 2 aromatic carbocycles. The molecule has 0 bridgehead atoms. The van der Waals surface area contributed by atoms with E-state index in [9.17, 15) is 14.7 Å². The molecule has 2 heterocycles. The molecule has 2 saturated heterocycles. The van der Waals surface area contributed by atoms with Gasteiger partial charge in [-0.3, -0.25) is 14.5 Å². The van der Waals surface area contributed by atoms with E-state index in [-0.39, 0.29) is 17.4 Å². The van der Waals surface area contributed by atoms with Crippen molar-refractivity contribution in [2.75, 3.05) is 53.6 Å². The number of aliphatic hydroxyl groups excluding tert-OH is 1. The first-order valence-electron chi connectivity index (χ1n) is 12.4. The quantitative estimate of drug-likeness (QED) is 0.312. The second kappa shape index (κ2) is 11.7. The van der Waals surface area contributed by atoms with Crippen molar-refractivity contribution in [2.24, 2.45) is 0 Å². The summed E-state index contributed by atoms with van der Waals surface area (Å²) >= 11 is 0. The van der Waals surface area contributed by atoms with Crippen LogP contribution in [0.25, 0.3) is 5.76 Å². The van der Waals surface area contributed by atoms with Gasteiger partial charge >= 0.3 is 0 Å². The molecule has 9 nitrogen and oxygen atoms in total. The molecule has 1 N–H and O–H groups in total. The largest absolute Gasteiger partial charge is 0.507 e. The number of rotatable bonds is 9. The number of ketones is 1. The van der Waals surface area contributed by atoms with E-state index in [4.69, 9.17) is 18.9 Å². The Balaban J connectivity index is 1.78. The Bertz CT molecular complexity index is 1150. The Hall–Kier alpha value is -3.56. The zero-order chi connectivity index (χ0) is 26.5. The van der Waals surface area contributed by atoms with Crippen LogP contribution in [-0.2, 0) is 14.3 Å². The van der Waals surface area contributed by atoms with E-state index in [0.717, 1.165) is 13.1 Å². The van der Waals surface area contributed by atoms with Crippen LogP contribution < -0.4 is 14.2 Å². The van der Waals surface area contributed by atoms with Crippen LogP contribution >= 0.6 is 0 Å². The highest BCUT2D eigenvalue weighted by molar-refractivity contribution is 6.46. The molecule has 4 rings (SSSR count). The number of Topliss-reactive ketones (excluding diaryl/α,β-unsaturated/α-hetero) is 1. The molecular formula is C28H34N2O7. The summed E-state index contributed by atoms with van der Waals surface area (Å²) in [5, 5.41) is 11.4. The molecule has 0 aliphatic carbocycles. The van der Waals surface area contributed by atoms with Crippen LogP contribution in [0, 0.1) is 0 Å². The van der Waals surface area contributed by atoms with Gasteiger partial charge in [0, 0.05) is 37.3 Å². The summed E-state index contributed by atoms with van der Waals surface area (Å²) in [4.78, 5) is 30.4. The Morgan fingerprint density at radius 1 is 1.00 bits per heavy atom. The highest BCUT2D eigenvalue weighted by Gasteiger charge is 2.47. The highest BCUT2D eigenvalue weighted by atomic mass is 16.5. The molecule has 0 radical (unpaired) electrons. The summed E-state index contributed by atoms with van der Waals surface area (Å²) in [7, 11) is 3.07. The predicted molar refractivity (Wildman–Crippen MR) is 138 cm³/mol. The van der Waals surface area contributed by atoms with Crippen LogP contribution in [0.3, 0.4) is 0 Å². The molecule has 198 valence electrons. The first kappa shape index (κ1) is 26.5. The van der Waals surface area contributed by atoms with Crippen LogP contribution in [0.4, 0.5) is 0 Å². The molecule has 0 aromatic heterocycles. The number of amides is 1. The number of aliphatic hydroxyl groups is 1. The fourth-order valence-electron chi connectivity index (χ4n) is 4.68. The van der Waals surface area contributed by atoms with E-state index in [2.05, 4.69) is 4.90 Å². The average molecular weight is 511 g/mol. The molecule has 0 unspecified atom stereocenters. The lowest BCUT2D eigenvalue weighted by molar-refractivity contribution is -0.140. The summed E-state index contributed by atoms with van der Waals surface area (Å²) in [6.07, 6.45) is -0.00300. The molecule has 9 heteroatoms. The van der Waals surface area contributed by atoms with Crippen LogP contribution in [0.2, 0.25) is 0 Å². The van der Waals surface area contributed by atoms with Crippen molar-refractivity contribution in [1.29, 1.82) is 0 Å². The molecule has 2 fully saturated rings. The molecule has 1 atom stereocenters. The summed E-state index contributed by atoms with van der Waals surface area (Å²) in [6.45, 7) is 7.48. The van der Waals surface area contributed by atoms with Crippen molar-refractivity contribution in [3.05, 3.63) is 59.2 Å². The van der Waals surface area contributed by atoms with Crippen LogP contribution in [0.5, 0.6) is 17.2 Å². The van der Waals surface area contributed by atoms with E-state index < -0.39 is 17.7 Å². The highest BCUT2D eigenvalue weighted by Crippen LogP contribution is 2.43. The first-order chi connectivity index (χ1) is 17.8. The summed E-state index contributed by atoms with van der Waals surface area (Å²) in [5.74, 6) is 0.0171. The Morgan fingerprint density at radius 2 is 1.68 bits per heavy atom. The van der Waals surface area contributed by atoms with Crippen molar-refractivity contribution in [3.63, 3.8) is 0 Å². The Kier molecular flexibility index (Phi) is 8.35. The number of carbonyl (C=O) groups excluding carboxylic acids is 2. The van der Waals surface area contributed by atoms with Gasteiger partial charge in [0.05, 0.1) is 45.2 Å². The van der Waals surface area contributed by atoms with Gasteiger partial charge in [0.2, 0.25) is 0 Å². The van der Waals surface area contributed by atoms with Crippen molar-refractivity contribution < 1.29 is 33.6 Å². The Labute approximate surface area is 217 Å². The Morgan fingerprint density at radius 3 is 2.30 bits per heavy atom. The molecule has 2 aliphatic rings. The number of carbonyl (C=O) groups is 2. The maximum Gasteiger partial charge on any atom is 0.295 e. The van der Waals surface area contributed by atoms with E-state index in [1.165, 1.54) is 12.0 Å². The van der Waals surface area contributed by atoms with E-state index in [1.807, 2.05) is 13.8 Å². The standard InChI is InChI=1S/C28H34N2O7/c1-18(2)37-20-7-5-19(6-8-20)26(31)24-25(22-17-21(34-3)9-10-23(22)35-4)30(28(33)27(24)32)12-11-29-13-15-36-16-14-29/h5-10,17-18,25,31H,11-16H2,1-4H3/t25-/m0/s1. The molecule has 37 heavy (non-hydrogen) atoms. The number of hydrogen-bond donors (Lipinski definition) is 1. The van der Waals surface area contributed by atoms with E-state index in [1.54, 1.807) is 49.6 Å². The minimum Gasteiger partial charge on any atom is -0.507 e. The van der Waals surface area contributed by atoms with Crippen molar-refractivity contribution >= 4 is 17.4 Å². The minimum absolute atomic E-state index is 0.00300. The topological polar surface area (TPSA) is 97.8 Å². The second-order valence-corrected chi connectivity index (χ2v) is 9.25. The van der Waals surface area contributed by atoms with Gasteiger partial charge in [-0.1, -0.05) is 0 Å². The monoisotopic (exact) mass is 510 g/mol. The third-order valence-corrected chi connectivity index (χ3v) is 6.53. The SMILES string of the molecule is COc1ccc(OC)c([C@H]2C(=C(O)c3ccc(OC(C)C)cc3)C(=O)C(=O)N2CCN2CCOCC2)c1. The fourth-order valence-corrected chi connectivity index (χ4v) is 4.68. The van der Waals surface area contributed by atoms with Gasteiger partial charge in [-0.05, 0) is 56.3 Å². The third kappa shape index (κ3) is 5.73. The number of likely N-dealkylation sites (tertiary alicyclic amines) is 1. The maximum absolute atomic E-state index is 13.4. The summed E-state index contributed by atoms with van der Waals surface area (Å²) < 4.78 is 22.2. The fraction of sp³-hybridized carbons (Fsp3) is 0.429. The van der Waals surface area contributed by atoms with E-state index in [0.29, 0.717) is 54.7 Å². The van der Waals surface area contributed by atoms with Crippen molar-refractivity contribution in [2.45, 2.75) is 26.0 Å². The summed E-state index contributed by atoms with van der Waals surface area (Å²) in [5.41, 5.74) is 0.981. The zero-order valence-corrected chi connectivity index (χ0v) is 21.7. The van der Waals surface area contributed by atoms with Gasteiger partial charge in [-0.15, -0.1) is 0 Å². The van der Waals surface area contributed by atoms with Crippen LogP contribution in [0.1, 0.15) is 31.0 Å². The number of hydrogen-bond acceptors (Lipinski definition) is 8. The number of benzene rings is 2. The first-order valence-corrected chi connectivity index (χ1v) is 12.4. The molecule has 2 aromatic rings. The molecular weight excluding hydrogens is 476 g/mol. The molecule has 2 aliphatic heterocycles. The predicted octanol–water partition coefficient (Wildman–Crippen LogP) is 3.24. The number of morpholine rings is 1. The lowest BCUT2D eigenvalue weighted by atomic mass is 9.94. The lowest BCUT2D eigenvalue weighted by Crippen LogP contribution is -2.42. The van der Waals surface area contributed by atoms with Crippen molar-refractivity contribution in [3.8, 4) is 17.2 Å². The van der Waals surface area contributed by atoms with Gasteiger partial charge in [0.25, 0.3) is 11.7 Å². The van der Waals surface area contributed by atoms with Crippen LogP contribution in [-0.4, -0.2) is 86.3 Å². The smallest absolute Gasteiger partial charge is 0.295 e. The molecule has 0 saturated carbocycles. The summed E-state index contributed by atoms with van der Waals surface area (Å²) in [6, 6.07) is 11.2. The van der Waals surface area contributed by atoms with Crippen molar-refractivity contribution in [1.82, 2.24) is 9.80 Å². The number of ether oxygens (including phenoxy) is 4. The second-order valence-electron chi connectivity index (χ2n) is 9.25. The van der Waals surface area contributed by atoms with Gasteiger partial charge < -0.3 is 29.0 Å². The maximum atomic E-state index is 13.4. The number of nitrogens with zero attached hydrogens (tertiary/aromatic N) is 2. The average Bonchev–Trinajstić information content (AvgIpc) is 3.16. The number of methoxy groups -OCH3 is 2. The normalized spacial score (nSPS) is 19.9. The van der Waals surface area contributed by atoms with Gasteiger partial charge in [0.15, 0.2) is 0 Å². The third-order valence-electron chi connectivity index (χ3n) is 6.53.